The number of morpholine rings is 1. The largest absolute Gasteiger partial charge is 0.481 e. The summed E-state index contributed by atoms with van der Waals surface area (Å²) in [6, 6.07) is 0. The van der Waals surface area contributed by atoms with Crippen LogP contribution in [0.4, 0.5) is 0 Å². The summed E-state index contributed by atoms with van der Waals surface area (Å²) >= 11 is 0. The van der Waals surface area contributed by atoms with Gasteiger partial charge in [-0.2, -0.15) is 0 Å². The molecule has 0 spiro atoms. The Balaban J connectivity index is 1.21. The van der Waals surface area contributed by atoms with Gasteiger partial charge in [0.1, 0.15) is 6.10 Å². The predicted octanol–water partition coefficient (Wildman–Crippen LogP) is 7.73. The molecule has 2 N–H and O–H groups in total. The van der Waals surface area contributed by atoms with Crippen LogP contribution in [0.5, 0.6) is 0 Å². The molecule has 6 aliphatic rings. The van der Waals surface area contributed by atoms with Crippen molar-refractivity contribution in [1.29, 1.82) is 0 Å². The van der Waals surface area contributed by atoms with Crippen molar-refractivity contribution >= 4 is 11.9 Å². The molecular formula is C41H68N2O5. The van der Waals surface area contributed by atoms with Gasteiger partial charge in [0.15, 0.2) is 0 Å². The van der Waals surface area contributed by atoms with Crippen molar-refractivity contribution in [1.82, 2.24) is 10.2 Å². The summed E-state index contributed by atoms with van der Waals surface area (Å²) in [4.78, 5) is 27.4. The number of esters is 1. The summed E-state index contributed by atoms with van der Waals surface area (Å²) in [5.74, 6) is 1.76. The predicted molar refractivity (Wildman–Crippen MR) is 190 cm³/mol. The Labute approximate surface area is 291 Å². The van der Waals surface area contributed by atoms with Gasteiger partial charge in [0.05, 0.1) is 25.0 Å². The summed E-state index contributed by atoms with van der Waals surface area (Å²) in [7, 11) is 0. The van der Waals surface area contributed by atoms with E-state index in [4.69, 9.17) is 9.47 Å². The normalized spacial score (nSPS) is 44.1. The van der Waals surface area contributed by atoms with Crippen molar-refractivity contribution in [3.8, 4) is 0 Å². The molecule has 0 radical (unpaired) electrons. The molecule has 6 fully saturated rings. The van der Waals surface area contributed by atoms with E-state index in [0.717, 1.165) is 52.2 Å². The Bertz CT molecular complexity index is 1260. The van der Waals surface area contributed by atoms with Crippen LogP contribution in [0.3, 0.4) is 0 Å². The number of fused-ring (bicyclic) bond motifs is 7. The molecule has 0 aromatic heterocycles. The van der Waals surface area contributed by atoms with Crippen molar-refractivity contribution < 1.29 is 24.2 Å². The highest BCUT2D eigenvalue weighted by molar-refractivity contribution is 5.81. The molecule has 1 aliphatic heterocycles. The zero-order valence-corrected chi connectivity index (χ0v) is 31.7. The van der Waals surface area contributed by atoms with Crippen molar-refractivity contribution in [2.75, 3.05) is 39.4 Å². The zero-order valence-electron chi connectivity index (χ0n) is 31.7. The lowest BCUT2D eigenvalue weighted by Gasteiger charge is -2.73. The van der Waals surface area contributed by atoms with Gasteiger partial charge in [-0.3, -0.25) is 14.5 Å². The number of carboxylic acids is 1. The number of hydrogen-bond donors (Lipinski definition) is 2. The van der Waals surface area contributed by atoms with Gasteiger partial charge in [0.2, 0.25) is 0 Å². The fraction of sp³-hybridized carbons (Fsp3) is 0.902. The highest BCUT2D eigenvalue weighted by atomic mass is 16.5. The fourth-order valence-electron chi connectivity index (χ4n) is 13.6. The van der Waals surface area contributed by atoms with Crippen LogP contribution in [-0.4, -0.2) is 73.0 Å². The van der Waals surface area contributed by atoms with E-state index in [-0.39, 0.29) is 45.7 Å². The number of carbonyl (C=O) groups excluding carboxylic acids is 1. The van der Waals surface area contributed by atoms with Gasteiger partial charge in [-0.15, -0.1) is 0 Å². The molecule has 0 amide bonds. The second-order valence-corrected chi connectivity index (χ2v) is 19.4. The molecular weight excluding hydrogens is 600 g/mol. The summed E-state index contributed by atoms with van der Waals surface area (Å²) in [5.41, 5.74) is 1.10. The topological polar surface area (TPSA) is 88.1 Å². The van der Waals surface area contributed by atoms with E-state index in [2.05, 4.69) is 58.3 Å². The number of aliphatic carboxylic acids is 1. The van der Waals surface area contributed by atoms with Crippen molar-refractivity contribution in [2.45, 2.75) is 138 Å². The highest BCUT2D eigenvalue weighted by Crippen LogP contribution is 2.76. The lowest BCUT2D eigenvalue weighted by Crippen LogP contribution is -2.69. The van der Waals surface area contributed by atoms with E-state index >= 15 is 0 Å². The average molecular weight is 669 g/mol. The van der Waals surface area contributed by atoms with Crippen molar-refractivity contribution in [3.63, 3.8) is 0 Å². The lowest BCUT2D eigenvalue weighted by molar-refractivity contribution is -0.246. The van der Waals surface area contributed by atoms with Gasteiger partial charge in [0, 0.05) is 37.1 Å². The smallest absolute Gasteiger partial charge is 0.309 e. The maximum absolute atomic E-state index is 13.1. The molecule has 1 unspecified atom stereocenters. The first-order valence-corrected chi connectivity index (χ1v) is 19.5. The molecule has 0 aromatic carbocycles. The Morgan fingerprint density at radius 3 is 2.29 bits per heavy atom. The molecule has 272 valence electrons. The monoisotopic (exact) mass is 669 g/mol. The number of hydrogen-bond acceptors (Lipinski definition) is 6. The summed E-state index contributed by atoms with van der Waals surface area (Å²) in [6.45, 7) is 28.8. The fourth-order valence-corrected chi connectivity index (χ4v) is 13.6. The zero-order chi connectivity index (χ0) is 34.9. The van der Waals surface area contributed by atoms with E-state index in [9.17, 15) is 14.7 Å². The van der Waals surface area contributed by atoms with Crippen LogP contribution in [-0.2, 0) is 19.1 Å². The van der Waals surface area contributed by atoms with E-state index in [1.54, 1.807) is 13.8 Å². The van der Waals surface area contributed by atoms with Crippen LogP contribution in [0.15, 0.2) is 12.2 Å². The minimum Gasteiger partial charge on any atom is -0.481 e. The van der Waals surface area contributed by atoms with Gasteiger partial charge in [-0.25, -0.2) is 0 Å². The SMILES string of the molecule is C=C(C)[C@@H]1CC[C@]2(NCCN3CCOCC3)CC[C@]3(C)[C@H](CCC4[C@@]5(C)CC[C@H](OC(=O)CC(C)(C)C(=O)O)C(C)(C)[C@@H]5CC[C@]43C)[C@@H]12. The quantitative estimate of drug-likeness (QED) is 0.192. The van der Waals surface area contributed by atoms with E-state index in [0.29, 0.717) is 29.6 Å². The minimum atomic E-state index is -1.12. The number of carbonyl (C=O) groups is 2. The third kappa shape index (κ3) is 5.72. The molecule has 1 heterocycles. The maximum atomic E-state index is 13.1. The van der Waals surface area contributed by atoms with Gasteiger partial charge in [-0.05, 0) is 131 Å². The molecule has 5 saturated carbocycles. The van der Waals surface area contributed by atoms with Gasteiger partial charge >= 0.3 is 11.9 Å². The highest BCUT2D eigenvalue weighted by Gasteiger charge is 2.71. The van der Waals surface area contributed by atoms with Crippen LogP contribution < -0.4 is 5.32 Å². The third-order valence-electron chi connectivity index (χ3n) is 16.5. The number of ether oxygens (including phenoxy) is 2. The van der Waals surface area contributed by atoms with Gasteiger partial charge < -0.3 is 19.9 Å². The van der Waals surface area contributed by atoms with E-state index < -0.39 is 11.4 Å². The number of carboxylic acid groups (broad SMARTS) is 1. The number of nitrogens with zero attached hydrogens (tertiary/aromatic N) is 1. The standard InChI is InChI=1S/C41H68N2O5/c1-27(2)28-12-17-41(42-20-21-43-22-24-47-25-23-43)19-18-39(8)29(34(28)41)10-11-31-38(7)15-14-32(48-33(44)26-36(3,4)35(45)46)37(5,6)30(38)13-16-40(31,39)9/h28-32,34,42H,1,10-26H2,2-9H3,(H,45,46)/t28-,29+,30-,31?,32-,34+,38-,39+,40+,41-/m0/s1. The third-order valence-corrected chi connectivity index (χ3v) is 16.5. The van der Waals surface area contributed by atoms with Crippen LogP contribution >= 0.6 is 0 Å². The van der Waals surface area contributed by atoms with Crippen molar-refractivity contribution in [2.24, 2.45) is 56.7 Å². The van der Waals surface area contributed by atoms with Crippen molar-refractivity contribution in [3.05, 3.63) is 12.2 Å². The van der Waals surface area contributed by atoms with E-state index in [1.165, 1.54) is 56.9 Å². The van der Waals surface area contributed by atoms with Crippen LogP contribution in [0, 0.1) is 56.7 Å². The van der Waals surface area contributed by atoms with Crippen LogP contribution in [0.2, 0.25) is 0 Å². The second-order valence-electron chi connectivity index (χ2n) is 19.4. The molecule has 6 rings (SSSR count). The van der Waals surface area contributed by atoms with E-state index in [1.807, 2.05) is 0 Å². The van der Waals surface area contributed by atoms with Crippen LogP contribution in [0.1, 0.15) is 126 Å². The minimum absolute atomic E-state index is 0.0901. The molecule has 0 bridgehead atoms. The molecule has 0 aromatic rings. The first-order valence-electron chi connectivity index (χ1n) is 19.5. The maximum Gasteiger partial charge on any atom is 0.309 e. The molecule has 5 aliphatic carbocycles. The Hall–Kier alpha value is -1.44. The number of rotatable bonds is 9. The van der Waals surface area contributed by atoms with Crippen LogP contribution in [0.25, 0.3) is 0 Å². The Kier molecular flexibility index (Phi) is 9.58. The average Bonchev–Trinajstić information content (AvgIpc) is 3.39. The lowest BCUT2D eigenvalue weighted by atomic mass is 9.32. The Morgan fingerprint density at radius 2 is 1.62 bits per heavy atom. The number of nitrogens with one attached hydrogen (secondary N) is 1. The molecule has 7 heteroatoms. The van der Waals surface area contributed by atoms with Gasteiger partial charge in [-0.1, -0.05) is 46.8 Å². The first-order chi connectivity index (χ1) is 22.4. The summed E-state index contributed by atoms with van der Waals surface area (Å²) in [5, 5.41) is 13.9. The molecule has 7 nitrogen and oxygen atoms in total. The molecule has 10 atom stereocenters. The Morgan fingerprint density at radius 1 is 0.917 bits per heavy atom. The summed E-state index contributed by atoms with van der Waals surface area (Å²) in [6.07, 6.45) is 11.8. The first kappa shape index (κ1) is 36.4. The number of allylic oxidation sites excluding steroid dienone is 1. The molecule has 1 saturated heterocycles. The second kappa shape index (κ2) is 12.7. The molecule has 48 heavy (non-hydrogen) atoms. The summed E-state index contributed by atoms with van der Waals surface area (Å²) < 4.78 is 11.8. The van der Waals surface area contributed by atoms with Gasteiger partial charge in [0.25, 0.3) is 0 Å².